The van der Waals surface area contributed by atoms with E-state index in [4.69, 9.17) is 9.47 Å². The van der Waals surface area contributed by atoms with Gasteiger partial charge in [0.1, 0.15) is 12.3 Å². The molecule has 3 aromatic rings. The van der Waals surface area contributed by atoms with Crippen LogP contribution in [0.4, 0.5) is 5.69 Å². The van der Waals surface area contributed by atoms with Gasteiger partial charge in [-0.15, -0.1) is 0 Å². The minimum Gasteiger partial charge on any atom is -0.476 e. The first kappa shape index (κ1) is 20.2. The van der Waals surface area contributed by atoms with E-state index < -0.39 is 6.10 Å². The molecule has 1 fully saturated rings. The van der Waals surface area contributed by atoms with E-state index in [0.717, 1.165) is 0 Å². The van der Waals surface area contributed by atoms with Gasteiger partial charge in [-0.3, -0.25) is 19.0 Å². The lowest BCUT2D eigenvalue weighted by atomic mass is 10.1. The van der Waals surface area contributed by atoms with Crippen molar-refractivity contribution < 1.29 is 19.1 Å². The largest absolute Gasteiger partial charge is 0.476 e. The van der Waals surface area contributed by atoms with Gasteiger partial charge in [-0.2, -0.15) is 0 Å². The van der Waals surface area contributed by atoms with Crippen molar-refractivity contribution in [3.8, 4) is 5.75 Å². The van der Waals surface area contributed by atoms with Crippen molar-refractivity contribution in [3.05, 3.63) is 65.2 Å². The second kappa shape index (κ2) is 8.43. The molecule has 0 N–H and O–H groups in total. The number of fused-ring (bicyclic) bond motifs is 2. The van der Waals surface area contributed by atoms with Crippen molar-refractivity contribution in [1.29, 1.82) is 0 Å². The van der Waals surface area contributed by atoms with Gasteiger partial charge in [-0.05, 0) is 24.3 Å². The summed E-state index contributed by atoms with van der Waals surface area (Å²) in [5.41, 5.74) is 0.867. The highest BCUT2D eigenvalue weighted by Gasteiger charge is 2.36. The smallest absolute Gasteiger partial charge is 0.265 e. The van der Waals surface area contributed by atoms with Crippen molar-refractivity contribution in [2.24, 2.45) is 0 Å². The third-order valence-corrected chi connectivity index (χ3v) is 5.71. The summed E-state index contributed by atoms with van der Waals surface area (Å²) in [6, 6.07) is 14.1. The van der Waals surface area contributed by atoms with Crippen LogP contribution in [-0.4, -0.2) is 65.2 Å². The van der Waals surface area contributed by atoms with E-state index in [9.17, 15) is 14.4 Å². The fourth-order valence-electron chi connectivity index (χ4n) is 4.04. The molecular weight excluding hydrogens is 412 g/mol. The molecule has 0 bridgehead atoms. The molecule has 0 spiro atoms. The summed E-state index contributed by atoms with van der Waals surface area (Å²) in [7, 11) is 0. The van der Waals surface area contributed by atoms with Gasteiger partial charge >= 0.3 is 0 Å². The second-order valence-corrected chi connectivity index (χ2v) is 7.71. The van der Waals surface area contributed by atoms with Crippen LogP contribution in [0, 0.1) is 0 Å². The average molecular weight is 434 g/mol. The molecule has 1 saturated heterocycles. The van der Waals surface area contributed by atoms with Crippen molar-refractivity contribution >= 4 is 28.4 Å². The molecule has 5 rings (SSSR count). The first-order valence-electron chi connectivity index (χ1n) is 10.5. The first-order chi connectivity index (χ1) is 15.6. The number of anilines is 1. The molecule has 0 unspecified atom stereocenters. The molecule has 1 atom stereocenters. The SMILES string of the molecule is O=C([C@H]1CN(C(=O)Cn2cnc3ccccc3c2=O)c2ccccc2O1)N1CCOCC1. The predicted molar refractivity (Wildman–Crippen MR) is 117 cm³/mol. The van der Waals surface area contributed by atoms with Gasteiger partial charge in [0.2, 0.25) is 5.91 Å². The molecule has 164 valence electrons. The average Bonchev–Trinajstić information content (AvgIpc) is 2.85. The zero-order valence-corrected chi connectivity index (χ0v) is 17.3. The summed E-state index contributed by atoms with van der Waals surface area (Å²) < 4.78 is 12.6. The Kier molecular flexibility index (Phi) is 5.32. The van der Waals surface area contributed by atoms with Crippen LogP contribution in [0.25, 0.3) is 10.9 Å². The molecule has 2 amide bonds. The maximum Gasteiger partial charge on any atom is 0.265 e. The lowest BCUT2D eigenvalue weighted by molar-refractivity contribution is -0.142. The van der Waals surface area contributed by atoms with Crippen molar-refractivity contribution in [2.45, 2.75) is 12.6 Å². The second-order valence-electron chi connectivity index (χ2n) is 7.71. The fraction of sp³-hybridized carbons (Fsp3) is 0.304. The summed E-state index contributed by atoms with van der Waals surface area (Å²) in [4.78, 5) is 46.7. The van der Waals surface area contributed by atoms with E-state index in [0.29, 0.717) is 48.6 Å². The van der Waals surface area contributed by atoms with Crippen LogP contribution in [0.3, 0.4) is 0 Å². The Bertz CT molecular complexity index is 1230. The molecule has 2 aliphatic rings. The number of para-hydroxylation sites is 3. The predicted octanol–water partition coefficient (Wildman–Crippen LogP) is 1.05. The molecule has 9 nitrogen and oxygen atoms in total. The van der Waals surface area contributed by atoms with Crippen LogP contribution in [0.2, 0.25) is 0 Å². The molecule has 0 aliphatic carbocycles. The van der Waals surface area contributed by atoms with Crippen LogP contribution >= 0.6 is 0 Å². The van der Waals surface area contributed by atoms with Gasteiger partial charge in [0.15, 0.2) is 6.10 Å². The third-order valence-electron chi connectivity index (χ3n) is 5.71. The quantitative estimate of drug-likeness (QED) is 0.612. The standard InChI is InChI=1S/C23H22N4O5/c28-21(14-26-15-24-17-6-2-1-5-16(17)22(26)29)27-13-20(23(30)25-9-11-31-12-10-25)32-19-8-4-3-7-18(19)27/h1-8,15,20H,9-14H2/t20-/m1/s1. The molecule has 9 heteroatoms. The van der Waals surface area contributed by atoms with Gasteiger partial charge < -0.3 is 19.3 Å². The molecule has 2 aromatic carbocycles. The number of benzene rings is 2. The van der Waals surface area contributed by atoms with Crippen molar-refractivity contribution in [3.63, 3.8) is 0 Å². The van der Waals surface area contributed by atoms with Gasteiger partial charge in [0.25, 0.3) is 11.5 Å². The number of ether oxygens (including phenoxy) is 2. The van der Waals surface area contributed by atoms with E-state index in [2.05, 4.69) is 4.98 Å². The number of carbonyl (C=O) groups is 2. The van der Waals surface area contributed by atoms with E-state index in [1.54, 1.807) is 53.4 Å². The topological polar surface area (TPSA) is 94.0 Å². The van der Waals surface area contributed by atoms with Crippen LogP contribution < -0.4 is 15.2 Å². The molecular formula is C23H22N4O5. The summed E-state index contributed by atoms with van der Waals surface area (Å²) in [6.07, 6.45) is 0.559. The number of nitrogens with zero attached hydrogens (tertiary/aromatic N) is 4. The molecule has 1 aromatic heterocycles. The highest BCUT2D eigenvalue weighted by molar-refractivity contribution is 5.97. The normalized spacial score (nSPS) is 18.2. The maximum atomic E-state index is 13.3. The summed E-state index contributed by atoms with van der Waals surface area (Å²) >= 11 is 0. The van der Waals surface area contributed by atoms with Gasteiger partial charge in [-0.1, -0.05) is 24.3 Å². The number of rotatable bonds is 3. The number of carbonyl (C=O) groups excluding carboxylic acids is 2. The highest BCUT2D eigenvalue weighted by Crippen LogP contribution is 2.33. The van der Waals surface area contributed by atoms with E-state index >= 15 is 0 Å². The Morgan fingerprint density at radius 1 is 1.03 bits per heavy atom. The Hall–Kier alpha value is -3.72. The third kappa shape index (κ3) is 3.71. The Morgan fingerprint density at radius 3 is 2.62 bits per heavy atom. The van der Waals surface area contributed by atoms with Crippen molar-refractivity contribution in [2.75, 3.05) is 37.7 Å². The lowest BCUT2D eigenvalue weighted by Gasteiger charge is -2.37. The van der Waals surface area contributed by atoms with Crippen LogP contribution in [-0.2, 0) is 20.9 Å². The zero-order chi connectivity index (χ0) is 22.1. The monoisotopic (exact) mass is 434 g/mol. The molecule has 0 saturated carbocycles. The van der Waals surface area contributed by atoms with Crippen LogP contribution in [0.1, 0.15) is 0 Å². The number of hydrogen-bond donors (Lipinski definition) is 0. The summed E-state index contributed by atoms with van der Waals surface area (Å²) in [6.45, 7) is 1.83. The number of aromatic nitrogens is 2. The molecule has 0 radical (unpaired) electrons. The fourth-order valence-corrected chi connectivity index (χ4v) is 4.04. The summed E-state index contributed by atoms with van der Waals surface area (Å²) in [5.74, 6) is -0.0347. The van der Waals surface area contributed by atoms with Crippen molar-refractivity contribution in [1.82, 2.24) is 14.5 Å². The number of amides is 2. The highest BCUT2D eigenvalue weighted by atomic mass is 16.5. The van der Waals surface area contributed by atoms with Gasteiger partial charge in [0.05, 0.1) is 42.7 Å². The van der Waals surface area contributed by atoms with Gasteiger partial charge in [-0.25, -0.2) is 4.98 Å². The van der Waals surface area contributed by atoms with Crippen LogP contribution in [0.15, 0.2) is 59.7 Å². The summed E-state index contributed by atoms with van der Waals surface area (Å²) in [5, 5.41) is 0.450. The zero-order valence-electron chi connectivity index (χ0n) is 17.3. The Labute approximate surface area is 183 Å². The van der Waals surface area contributed by atoms with E-state index in [-0.39, 0.29) is 30.5 Å². The molecule has 2 aliphatic heterocycles. The minimum absolute atomic E-state index is 0.0712. The number of morpholine rings is 1. The first-order valence-corrected chi connectivity index (χ1v) is 10.5. The lowest BCUT2D eigenvalue weighted by Crippen LogP contribution is -2.54. The molecule has 3 heterocycles. The Morgan fingerprint density at radius 2 is 1.78 bits per heavy atom. The van der Waals surface area contributed by atoms with E-state index in [1.165, 1.54) is 15.8 Å². The Balaban J connectivity index is 1.42. The molecule has 32 heavy (non-hydrogen) atoms. The number of hydrogen-bond acceptors (Lipinski definition) is 6. The van der Waals surface area contributed by atoms with E-state index in [1.807, 2.05) is 0 Å². The maximum absolute atomic E-state index is 13.3. The minimum atomic E-state index is -0.821. The van der Waals surface area contributed by atoms with Gasteiger partial charge in [0, 0.05) is 13.1 Å². The van der Waals surface area contributed by atoms with Crippen LogP contribution in [0.5, 0.6) is 5.75 Å².